The lowest BCUT2D eigenvalue weighted by Gasteiger charge is -1.99. The van der Waals surface area contributed by atoms with Crippen molar-refractivity contribution in [3.8, 4) is 0 Å². The van der Waals surface area contributed by atoms with E-state index in [1.807, 2.05) is 26.0 Å². The fraction of sp³-hybridized carbons (Fsp3) is 0.364. The molecule has 0 saturated heterocycles. The average Bonchev–Trinajstić information content (AvgIpc) is 2.96. The Bertz CT molecular complexity index is 535. The number of carbonyl (C=O) groups excluding carboxylic acids is 1. The minimum Gasteiger partial charge on any atom is -0.360 e. The number of hydrogen-bond donors (Lipinski definition) is 2. The van der Waals surface area contributed by atoms with Crippen LogP contribution in [0.5, 0.6) is 0 Å². The summed E-state index contributed by atoms with van der Waals surface area (Å²) < 4.78 is 0. The molecule has 5 nitrogen and oxygen atoms in total. The Hall–Kier alpha value is -1.47. The van der Waals surface area contributed by atoms with Crippen LogP contribution < -0.4 is 10.6 Å². The standard InChI is InChI=1S/C11H14N4OS2/c1-3-12-11-15-14-10(18-11)9(16)13-6-8-5-4-7(2)17-8/h4-5H,3,6H2,1-2H3,(H,12,15)(H,13,16). The second-order valence-corrected chi connectivity index (χ2v) is 5.99. The summed E-state index contributed by atoms with van der Waals surface area (Å²) in [4.78, 5) is 14.2. The van der Waals surface area contributed by atoms with Crippen LogP contribution in [0, 0.1) is 6.92 Å². The zero-order valence-electron chi connectivity index (χ0n) is 10.2. The maximum atomic E-state index is 11.8. The molecular weight excluding hydrogens is 268 g/mol. The Morgan fingerprint density at radius 2 is 2.17 bits per heavy atom. The van der Waals surface area contributed by atoms with Gasteiger partial charge in [0.05, 0.1) is 6.54 Å². The number of nitrogens with zero attached hydrogens (tertiary/aromatic N) is 2. The summed E-state index contributed by atoms with van der Waals surface area (Å²) in [6.07, 6.45) is 0. The summed E-state index contributed by atoms with van der Waals surface area (Å²) in [6, 6.07) is 4.06. The van der Waals surface area contributed by atoms with E-state index in [9.17, 15) is 4.79 Å². The highest BCUT2D eigenvalue weighted by molar-refractivity contribution is 7.17. The van der Waals surface area contributed by atoms with Gasteiger partial charge in [0.15, 0.2) is 0 Å². The predicted molar refractivity (Wildman–Crippen MR) is 74.3 cm³/mol. The third-order valence-electron chi connectivity index (χ3n) is 2.17. The molecule has 0 aliphatic carbocycles. The first-order chi connectivity index (χ1) is 8.69. The van der Waals surface area contributed by atoms with Gasteiger partial charge in [-0.25, -0.2) is 0 Å². The minimum atomic E-state index is -0.178. The zero-order valence-corrected chi connectivity index (χ0v) is 11.8. The van der Waals surface area contributed by atoms with E-state index in [0.717, 1.165) is 11.4 Å². The van der Waals surface area contributed by atoms with Gasteiger partial charge >= 0.3 is 0 Å². The van der Waals surface area contributed by atoms with Gasteiger partial charge in [0.1, 0.15) is 0 Å². The van der Waals surface area contributed by atoms with Gasteiger partial charge in [0.25, 0.3) is 5.91 Å². The van der Waals surface area contributed by atoms with Gasteiger partial charge < -0.3 is 10.6 Å². The summed E-state index contributed by atoms with van der Waals surface area (Å²) in [5.41, 5.74) is 0. The number of nitrogens with one attached hydrogen (secondary N) is 2. The maximum absolute atomic E-state index is 11.8. The quantitative estimate of drug-likeness (QED) is 0.883. The highest BCUT2D eigenvalue weighted by Gasteiger charge is 2.12. The molecule has 1 amide bonds. The van der Waals surface area contributed by atoms with Crippen LogP contribution in [0.3, 0.4) is 0 Å². The topological polar surface area (TPSA) is 66.9 Å². The van der Waals surface area contributed by atoms with Gasteiger partial charge in [-0.2, -0.15) is 0 Å². The average molecular weight is 282 g/mol. The molecule has 18 heavy (non-hydrogen) atoms. The van der Waals surface area contributed by atoms with E-state index in [1.165, 1.54) is 16.2 Å². The van der Waals surface area contributed by atoms with Crippen LogP contribution in [0.15, 0.2) is 12.1 Å². The largest absolute Gasteiger partial charge is 0.360 e. The molecule has 0 saturated carbocycles. The smallest absolute Gasteiger partial charge is 0.282 e. The molecule has 0 spiro atoms. The van der Waals surface area contributed by atoms with E-state index in [4.69, 9.17) is 0 Å². The highest BCUT2D eigenvalue weighted by atomic mass is 32.1. The van der Waals surface area contributed by atoms with E-state index in [0.29, 0.717) is 16.7 Å². The van der Waals surface area contributed by atoms with Gasteiger partial charge in [-0.3, -0.25) is 4.79 Å². The van der Waals surface area contributed by atoms with Crippen molar-refractivity contribution in [2.24, 2.45) is 0 Å². The first kappa shape index (κ1) is 13.0. The maximum Gasteiger partial charge on any atom is 0.282 e. The van der Waals surface area contributed by atoms with Crippen molar-refractivity contribution in [2.45, 2.75) is 20.4 Å². The molecule has 0 aromatic carbocycles. The second kappa shape index (κ2) is 5.92. The summed E-state index contributed by atoms with van der Waals surface area (Å²) in [6.45, 7) is 5.32. The molecule has 0 unspecified atom stereocenters. The normalized spacial score (nSPS) is 10.3. The Morgan fingerprint density at radius 3 is 2.83 bits per heavy atom. The summed E-state index contributed by atoms with van der Waals surface area (Å²) in [5.74, 6) is -0.178. The van der Waals surface area contributed by atoms with Crippen molar-refractivity contribution in [1.29, 1.82) is 0 Å². The molecule has 2 N–H and O–H groups in total. The van der Waals surface area contributed by atoms with Crippen LogP contribution in [0.2, 0.25) is 0 Å². The van der Waals surface area contributed by atoms with E-state index < -0.39 is 0 Å². The third kappa shape index (κ3) is 3.27. The predicted octanol–water partition coefficient (Wildman–Crippen LogP) is 2.27. The zero-order chi connectivity index (χ0) is 13.0. The number of anilines is 1. The Balaban J connectivity index is 1.90. The minimum absolute atomic E-state index is 0.178. The lowest BCUT2D eigenvalue weighted by Crippen LogP contribution is -2.22. The molecule has 0 radical (unpaired) electrons. The Kier molecular flexibility index (Phi) is 4.27. The fourth-order valence-electron chi connectivity index (χ4n) is 1.36. The molecular formula is C11H14N4OS2. The number of hydrogen-bond acceptors (Lipinski definition) is 6. The summed E-state index contributed by atoms with van der Waals surface area (Å²) in [5, 5.41) is 14.7. The van der Waals surface area contributed by atoms with E-state index in [1.54, 1.807) is 11.3 Å². The van der Waals surface area contributed by atoms with Gasteiger partial charge in [-0.05, 0) is 26.0 Å². The summed E-state index contributed by atoms with van der Waals surface area (Å²) >= 11 is 2.94. The van der Waals surface area contributed by atoms with Crippen LogP contribution >= 0.6 is 22.7 Å². The molecule has 0 fully saturated rings. The molecule has 0 aliphatic rings. The monoisotopic (exact) mass is 282 g/mol. The number of aryl methyl sites for hydroxylation is 1. The number of thiophene rings is 1. The molecule has 2 aromatic heterocycles. The van der Waals surface area contributed by atoms with Crippen molar-refractivity contribution >= 4 is 33.7 Å². The Morgan fingerprint density at radius 1 is 1.33 bits per heavy atom. The van der Waals surface area contributed by atoms with E-state index in [-0.39, 0.29) is 5.91 Å². The van der Waals surface area contributed by atoms with Gasteiger partial charge in [0.2, 0.25) is 10.1 Å². The molecule has 2 heterocycles. The first-order valence-corrected chi connectivity index (χ1v) is 7.23. The van der Waals surface area contributed by atoms with Gasteiger partial charge in [-0.15, -0.1) is 21.5 Å². The van der Waals surface area contributed by atoms with E-state index in [2.05, 4.69) is 20.8 Å². The number of aromatic nitrogens is 2. The van der Waals surface area contributed by atoms with Gasteiger partial charge in [0, 0.05) is 16.3 Å². The second-order valence-electron chi connectivity index (χ2n) is 3.64. The lowest BCUT2D eigenvalue weighted by atomic mass is 10.4. The van der Waals surface area contributed by atoms with Crippen molar-refractivity contribution in [1.82, 2.24) is 15.5 Å². The third-order valence-corrected chi connectivity index (χ3v) is 4.05. The van der Waals surface area contributed by atoms with Crippen molar-refractivity contribution in [3.63, 3.8) is 0 Å². The molecule has 0 atom stereocenters. The SMILES string of the molecule is CCNc1nnc(C(=O)NCc2ccc(C)s2)s1. The number of rotatable bonds is 5. The molecule has 2 rings (SSSR count). The van der Waals surface area contributed by atoms with Crippen LogP contribution in [-0.4, -0.2) is 22.6 Å². The molecule has 0 bridgehead atoms. The van der Waals surface area contributed by atoms with Crippen LogP contribution in [0.1, 0.15) is 26.5 Å². The molecule has 0 aliphatic heterocycles. The molecule has 7 heteroatoms. The molecule has 2 aromatic rings. The number of carbonyl (C=O) groups is 1. The van der Waals surface area contributed by atoms with Crippen molar-refractivity contribution < 1.29 is 4.79 Å². The van der Waals surface area contributed by atoms with Gasteiger partial charge in [-0.1, -0.05) is 11.3 Å². The van der Waals surface area contributed by atoms with Crippen LogP contribution in [-0.2, 0) is 6.54 Å². The Labute approximate surface area is 113 Å². The lowest BCUT2D eigenvalue weighted by molar-refractivity contribution is 0.0950. The van der Waals surface area contributed by atoms with Crippen molar-refractivity contribution in [2.75, 3.05) is 11.9 Å². The summed E-state index contributed by atoms with van der Waals surface area (Å²) in [7, 11) is 0. The fourth-order valence-corrected chi connectivity index (χ4v) is 2.92. The van der Waals surface area contributed by atoms with E-state index >= 15 is 0 Å². The van der Waals surface area contributed by atoms with Crippen LogP contribution in [0.4, 0.5) is 5.13 Å². The van der Waals surface area contributed by atoms with Crippen LogP contribution in [0.25, 0.3) is 0 Å². The van der Waals surface area contributed by atoms with Crippen molar-refractivity contribution in [3.05, 3.63) is 26.9 Å². The number of amides is 1. The first-order valence-electron chi connectivity index (χ1n) is 5.60. The molecule has 96 valence electrons. The highest BCUT2D eigenvalue weighted by Crippen LogP contribution is 2.16.